The van der Waals surface area contributed by atoms with Gasteiger partial charge in [0, 0.05) is 17.3 Å². The maximum absolute atomic E-state index is 11.4. The van der Waals surface area contributed by atoms with Gasteiger partial charge in [-0.05, 0) is 30.2 Å². The lowest BCUT2D eigenvalue weighted by Crippen LogP contribution is -2.18. The molecule has 0 aliphatic rings. The zero-order valence-corrected chi connectivity index (χ0v) is 13.3. The van der Waals surface area contributed by atoms with Gasteiger partial charge in [-0.15, -0.1) is 0 Å². The average molecular weight is 319 g/mol. The van der Waals surface area contributed by atoms with Gasteiger partial charge in [-0.1, -0.05) is 42.5 Å². The normalized spacial score (nSPS) is 10.5. The van der Waals surface area contributed by atoms with E-state index in [2.05, 4.69) is 5.10 Å². The number of primary amides is 1. The quantitative estimate of drug-likeness (QED) is 0.734. The predicted octanol–water partition coefficient (Wildman–Crippen LogP) is 2.91. The fourth-order valence-corrected chi connectivity index (χ4v) is 2.52. The molecule has 0 bridgehead atoms. The molecule has 5 heteroatoms. The lowest BCUT2D eigenvalue weighted by molar-refractivity contribution is -0.118. The van der Waals surface area contributed by atoms with Gasteiger partial charge in [-0.3, -0.25) is 14.3 Å². The molecule has 3 aromatic rings. The van der Waals surface area contributed by atoms with Gasteiger partial charge in [0.2, 0.25) is 5.91 Å². The van der Waals surface area contributed by atoms with E-state index >= 15 is 0 Å². The molecular weight excluding hydrogens is 302 g/mol. The van der Waals surface area contributed by atoms with Gasteiger partial charge in [-0.2, -0.15) is 5.10 Å². The van der Waals surface area contributed by atoms with Gasteiger partial charge < -0.3 is 5.73 Å². The molecule has 0 radical (unpaired) electrons. The second-order valence-electron chi connectivity index (χ2n) is 5.58. The number of amides is 1. The Hall–Kier alpha value is -3.21. The smallest absolute Gasteiger partial charge is 0.239 e. The molecular formula is C19H17N3O2. The molecule has 1 aromatic heterocycles. The third-order valence-electron chi connectivity index (χ3n) is 3.74. The third-order valence-corrected chi connectivity index (χ3v) is 3.74. The molecule has 0 spiro atoms. The lowest BCUT2D eigenvalue weighted by Gasteiger charge is -2.05. The first-order chi connectivity index (χ1) is 11.5. The Morgan fingerprint density at radius 2 is 1.71 bits per heavy atom. The average Bonchev–Trinajstić information content (AvgIpc) is 3.03. The summed E-state index contributed by atoms with van der Waals surface area (Å²) >= 11 is 0. The van der Waals surface area contributed by atoms with Crippen molar-refractivity contribution in [1.29, 1.82) is 0 Å². The number of carbonyl (C=O) groups excluding carboxylic acids is 2. The second kappa shape index (κ2) is 6.50. The van der Waals surface area contributed by atoms with Crippen molar-refractivity contribution in [2.45, 2.75) is 13.5 Å². The van der Waals surface area contributed by atoms with E-state index in [0.717, 1.165) is 22.4 Å². The SMILES string of the molecule is CC(=O)c1ccc(-c2cccc(-c3ccn(CC(N)=O)n3)c2)cc1. The van der Waals surface area contributed by atoms with Gasteiger partial charge in [0.15, 0.2) is 5.78 Å². The van der Waals surface area contributed by atoms with Crippen molar-refractivity contribution < 1.29 is 9.59 Å². The number of hydrogen-bond donors (Lipinski definition) is 1. The Morgan fingerprint density at radius 3 is 2.38 bits per heavy atom. The molecule has 5 nitrogen and oxygen atoms in total. The van der Waals surface area contributed by atoms with E-state index in [9.17, 15) is 9.59 Å². The van der Waals surface area contributed by atoms with E-state index in [-0.39, 0.29) is 12.3 Å². The zero-order chi connectivity index (χ0) is 17.1. The van der Waals surface area contributed by atoms with Crippen molar-refractivity contribution in [2.75, 3.05) is 0 Å². The van der Waals surface area contributed by atoms with Gasteiger partial charge in [0.25, 0.3) is 0 Å². The molecule has 0 saturated carbocycles. The number of benzene rings is 2. The number of hydrogen-bond acceptors (Lipinski definition) is 3. The molecule has 0 fully saturated rings. The number of nitrogens with two attached hydrogens (primary N) is 1. The largest absolute Gasteiger partial charge is 0.368 e. The van der Waals surface area contributed by atoms with E-state index in [0.29, 0.717) is 5.56 Å². The van der Waals surface area contributed by atoms with E-state index < -0.39 is 5.91 Å². The Kier molecular flexibility index (Phi) is 4.24. The van der Waals surface area contributed by atoms with Crippen LogP contribution in [0.3, 0.4) is 0 Å². The number of aromatic nitrogens is 2. The first-order valence-electron chi connectivity index (χ1n) is 7.56. The van der Waals surface area contributed by atoms with Crippen molar-refractivity contribution >= 4 is 11.7 Å². The van der Waals surface area contributed by atoms with Gasteiger partial charge in [-0.25, -0.2) is 0 Å². The second-order valence-corrected chi connectivity index (χ2v) is 5.58. The van der Waals surface area contributed by atoms with Crippen molar-refractivity contribution in [2.24, 2.45) is 5.73 Å². The highest BCUT2D eigenvalue weighted by molar-refractivity contribution is 5.94. The number of Topliss-reactive ketones (excluding diaryl/α,β-unsaturated/α-hetero) is 1. The van der Waals surface area contributed by atoms with Gasteiger partial charge >= 0.3 is 0 Å². The summed E-state index contributed by atoms with van der Waals surface area (Å²) in [5.74, 6) is -0.376. The maximum Gasteiger partial charge on any atom is 0.239 e. The van der Waals surface area contributed by atoms with E-state index in [4.69, 9.17) is 5.73 Å². The molecule has 120 valence electrons. The van der Waals surface area contributed by atoms with Gasteiger partial charge in [0.05, 0.1) is 5.69 Å². The zero-order valence-electron chi connectivity index (χ0n) is 13.3. The fourth-order valence-electron chi connectivity index (χ4n) is 2.52. The predicted molar refractivity (Wildman–Crippen MR) is 92.3 cm³/mol. The Labute approximate surface area is 139 Å². The first-order valence-corrected chi connectivity index (χ1v) is 7.56. The topological polar surface area (TPSA) is 78.0 Å². The number of nitrogens with zero attached hydrogens (tertiary/aromatic N) is 2. The van der Waals surface area contributed by atoms with Crippen LogP contribution in [0.15, 0.2) is 60.8 Å². The van der Waals surface area contributed by atoms with Crippen LogP contribution in [0.1, 0.15) is 17.3 Å². The minimum Gasteiger partial charge on any atom is -0.368 e. The first kappa shape index (κ1) is 15.7. The summed E-state index contributed by atoms with van der Waals surface area (Å²) in [7, 11) is 0. The summed E-state index contributed by atoms with van der Waals surface area (Å²) in [4.78, 5) is 22.3. The van der Waals surface area contributed by atoms with Crippen molar-refractivity contribution in [3.8, 4) is 22.4 Å². The summed E-state index contributed by atoms with van der Waals surface area (Å²) in [6.45, 7) is 1.62. The molecule has 0 unspecified atom stereocenters. The molecule has 3 rings (SSSR count). The molecule has 1 heterocycles. The highest BCUT2D eigenvalue weighted by Gasteiger charge is 2.07. The Balaban J connectivity index is 1.90. The monoisotopic (exact) mass is 319 g/mol. The van der Waals surface area contributed by atoms with Crippen LogP contribution in [0.5, 0.6) is 0 Å². The third kappa shape index (κ3) is 3.41. The van der Waals surface area contributed by atoms with Crippen LogP contribution in [-0.2, 0) is 11.3 Å². The highest BCUT2D eigenvalue weighted by atomic mass is 16.1. The van der Waals surface area contributed by atoms with Crippen LogP contribution in [0.25, 0.3) is 22.4 Å². The summed E-state index contributed by atoms with van der Waals surface area (Å²) in [6, 6.07) is 17.3. The van der Waals surface area contributed by atoms with Crippen LogP contribution < -0.4 is 5.73 Å². The Bertz CT molecular complexity index is 895. The fraction of sp³-hybridized carbons (Fsp3) is 0.105. The molecule has 0 aliphatic carbocycles. The molecule has 0 aliphatic heterocycles. The molecule has 24 heavy (non-hydrogen) atoms. The minimum absolute atomic E-state index is 0.0512. The van der Waals surface area contributed by atoms with Crippen LogP contribution in [-0.4, -0.2) is 21.5 Å². The van der Waals surface area contributed by atoms with Crippen LogP contribution in [0.4, 0.5) is 0 Å². The minimum atomic E-state index is -0.427. The summed E-state index contributed by atoms with van der Waals surface area (Å²) in [5.41, 5.74) is 9.66. The number of rotatable bonds is 5. The number of carbonyl (C=O) groups is 2. The molecule has 1 amide bonds. The van der Waals surface area contributed by atoms with Gasteiger partial charge in [0.1, 0.15) is 6.54 Å². The summed E-state index contributed by atoms with van der Waals surface area (Å²) < 4.78 is 1.52. The van der Waals surface area contributed by atoms with Crippen LogP contribution in [0.2, 0.25) is 0 Å². The van der Waals surface area contributed by atoms with Crippen molar-refractivity contribution in [1.82, 2.24) is 9.78 Å². The van der Waals surface area contributed by atoms with Crippen molar-refractivity contribution in [3.05, 3.63) is 66.4 Å². The molecule has 2 N–H and O–H groups in total. The maximum atomic E-state index is 11.4. The van der Waals surface area contributed by atoms with Crippen molar-refractivity contribution in [3.63, 3.8) is 0 Å². The van der Waals surface area contributed by atoms with E-state index in [1.54, 1.807) is 13.1 Å². The Morgan fingerprint density at radius 1 is 1.00 bits per heavy atom. The standard InChI is InChI=1S/C19H17N3O2/c1-13(23)14-5-7-15(8-6-14)16-3-2-4-17(11-16)18-9-10-22(21-18)12-19(20)24/h2-11H,12H2,1H3,(H2,20,24). The summed E-state index contributed by atoms with van der Waals surface area (Å²) in [5, 5.41) is 4.36. The van der Waals surface area contributed by atoms with Crippen LogP contribution in [0, 0.1) is 0 Å². The van der Waals surface area contributed by atoms with E-state index in [1.807, 2.05) is 54.6 Å². The summed E-state index contributed by atoms with van der Waals surface area (Å²) in [6.07, 6.45) is 1.73. The van der Waals surface area contributed by atoms with Crippen LogP contribution >= 0.6 is 0 Å². The highest BCUT2D eigenvalue weighted by Crippen LogP contribution is 2.25. The van der Waals surface area contributed by atoms with E-state index in [1.165, 1.54) is 4.68 Å². The molecule has 2 aromatic carbocycles. The lowest BCUT2D eigenvalue weighted by atomic mass is 10.00. The molecule has 0 atom stereocenters. The number of ketones is 1. The molecule has 0 saturated heterocycles.